The molecule has 4 rings (SSSR count). The fourth-order valence-corrected chi connectivity index (χ4v) is 4.95. The topological polar surface area (TPSA) is 52.3 Å². The predicted molar refractivity (Wildman–Crippen MR) is 94.4 cm³/mol. The fraction of sp³-hybridized carbons (Fsp3) is 0.562. The van der Waals surface area contributed by atoms with Gasteiger partial charge in [-0.25, -0.2) is 4.98 Å². The van der Waals surface area contributed by atoms with E-state index < -0.39 is 0 Å². The van der Waals surface area contributed by atoms with Gasteiger partial charge in [-0.15, -0.1) is 21.5 Å². The summed E-state index contributed by atoms with van der Waals surface area (Å²) in [6, 6.07) is 0. The first kappa shape index (κ1) is 15.4. The van der Waals surface area contributed by atoms with Crippen LogP contribution in [-0.4, -0.2) is 30.9 Å². The number of thiophene rings is 1. The van der Waals surface area contributed by atoms with Crippen LogP contribution in [0.25, 0.3) is 15.9 Å². The van der Waals surface area contributed by atoms with Crippen LogP contribution in [0.2, 0.25) is 0 Å². The average Bonchev–Trinajstić information content (AvgIpc) is 3.16. The molecule has 1 atom stereocenters. The van der Waals surface area contributed by atoms with Gasteiger partial charge < -0.3 is 4.74 Å². The lowest BCUT2D eigenvalue weighted by Gasteiger charge is -2.32. The molecule has 23 heavy (non-hydrogen) atoms. The molecule has 0 saturated carbocycles. The number of thioether (sulfide) groups is 1. The molecule has 122 valence electrons. The lowest BCUT2D eigenvalue weighted by molar-refractivity contribution is -0.0542. The summed E-state index contributed by atoms with van der Waals surface area (Å²) < 4.78 is 8.13. The number of nitrogens with zero attached hydrogens (tertiary/aromatic N) is 4. The van der Waals surface area contributed by atoms with Gasteiger partial charge >= 0.3 is 0 Å². The molecule has 1 aliphatic heterocycles. The van der Waals surface area contributed by atoms with Crippen LogP contribution in [-0.2, 0) is 17.8 Å². The minimum atomic E-state index is -0.0896. The molecular weight excluding hydrogens is 328 g/mol. The summed E-state index contributed by atoms with van der Waals surface area (Å²) >= 11 is 3.51. The second-order valence-corrected chi connectivity index (χ2v) is 8.37. The van der Waals surface area contributed by atoms with Crippen molar-refractivity contribution in [1.29, 1.82) is 0 Å². The van der Waals surface area contributed by atoms with Gasteiger partial charge in [0.05, 0.1) is 17.6 Å². The normalized spacial score (nSPS) is 21.2. The Balaban J connectivity index is 1.93. The highest BCUT2D eigenvalue weighted by molar-refractivity contribution is 7.99. The molecule has 1 aliphatic rings. The molecule has 3 aromatic rings. The summed E-state index contributed by atoms with van der Waals surface area (Å²) in [7, 11) is 0. The molecule has 0 spiro atoms. The highest BCUT2D eigenvalue weighted by atomic mass is 32.2. The minimum absolute atomic E-state index is 0.0896. The van der Waals surface area contributed by atoms with Crippen molar-refractivity contribution in [2.45, 2.75) is 57.4 Å². The third-order valence-corrected chi connectivity index (χ3v) is 6.79. The van der Waals surface area contributed by atoms with Crippen LogP contribution in [0, 0.1) is 0 Å². The lowest BCUT2D eigenvalue weighted by Crippen LogP contribution is -2.33. The maximum atomic E-state index is 6.09. The van der Waals surface area contributed by atoms with E-state index in [0.29, 0.717) is 6.61 Å². The summed E-state index contributed by atoms with van der Waals surface area (Å²) in [6.07, 6.45) is 4.83. The molecule has 0 aromatic carbocycles. The number of ether oxygens (including phenoxy) is 1. The zero-order valence-corrected chi connectivity index (χ0v) is 15.3. The van der Waals surface area contributed by atoms with Gasteiger partial charge in [0, 0.05) is 17.1 Å². The Bertz CT molecular complexity index is 872. The van der Waals surface area contributed by atoms with Crippen LogP contribution in [0.3, 0.4) is 0 Å². The molecule has 0 aliphatic carbocycles. The van der Waals surface area contributed by atoms with Crippen LogP contribution < -0.4 is 0 Å². The van der Waals surface area contributed by atoms with E-state index in [1.807, 2.05) is 4.40 Å². The van der Waals surface area contributed by atoms with Crippen molar-refractivity contribution in [3.05, 3.63) is 16.8 Å². The molecule has 0 bridgehead atoms. The van der Waals surface area contributed by atoms with Crippen molar-refractivity contribution in [3.63, 3.8) is 0 Å². The number of aromatic nitrogens is 4. The van der Waals surface area contributed by atoms with Crippen LogP contribution >= 0.6 is 23.1 Å². The molecular formula is C16H20N4OS2. The predicted octanol–water partition coefficient (Wildman–Crippen LogP) is 4.08. The third-order valence-electron chi connectivity index (χ3n) is 4.53. The number of rotatable bonds is 4. The maximum Gasteiger partial charge on any atom is 0.176 e. The SMILES string of the molecule is CCCSc1nc2sc3c(c2c2nncn12)C[C@@](C)(CC)OC3. The average molecular weight is 348 g/mol. The first-order valence-corrected chi connectivity index (χ1v) is 9.86. The first-order valence-electron chi connectivity index (χ1n) is 8.06. The monoisotopic (exact) mass is 348 g/mol. The third kappa shape index (κ3) is 2.45. The molecule has 4 heterocycles. The highest BCUT2D eigenvalue weighted by Gasteiger charge is 2.33. The quantitative estimate of drug-likeness (QED) is 0.525. The zero-order chi connectivity index (χ0) is 16.0. The Hall–Kier alpha value is -1.18. The Morgan fingerprint density at radius 2 is 2.30 bits per heavy atom. The molecule has 0 unspecified atom stereocenters. The van der Waals surface area contributed by atoms with Gasteiger partial charge in [0.1, 0.15) is 11.2 Å². The molecule has 0 radical (unpaired) electrons. The minimum Gasteiger partial charge on any atom is -0.369 e. The van der Waals surface area contributed by atoms with Crippen LogP contribution in [0.15, 0.2) is 11.5 Å². The van der Waals surface area contributed by atoms with Crippen LogP contribution in [0.1, 0.15) is 44.1 Å². The van der Waals surface area contributed by atoms with E-state index in [1.165, 1.54) is 15.8 Å². The van der Waals surface area contributed by atoms with Gasteiger partial charge in [-0.3, -0.25) is 4.40 Å². The van der Waals surface area contributed by atoms with Gasteiger partial charge in [0.15, 0.2) is 10.8 Å². The van der Waals surface area contributed by atoms with Gasteiger partial charge in [-0.05, 0) is 25.3 Å². The summed E-state index contributed by atoms with van der Waals surface area (Å²) in [5.74, 6) is 1.05. The van der Waals surface area contributed by atoms with E-state index in [2.05, 4.69) is 31.0 Å². The van der Waals surface area contributed by atoms with Gasteiger partial charge in [-0.2, -0.15) is 0 Å². The van der Waals surface area contributed by atoms with Crippen molar-refractivity contribution in [2.24, 2.45) is 0 Å². The second kappa shape index (κ2) is 5.72. The maximum absolute atomic E-state index is 6.09. The number of hydrogen-bond acceptors (Lipinski definition) is 6. The Morgan fingerprint density at radius 3 is 3.09 bits per heavy atom. The van der Waals surface area contributed by atoms with Gasteiger partial charge in [-0.1, -0.05) is 25.6 Å². The molecule has 0 N–H and O–H groups in total. The standard InChI is InChI=1S/C16H20N4OS2/c1-4-6-22-15-18-14-12(13-19-17-9-20(13)15)10-7-16(3,5-2)21-8-11(10)23-14/h9H,4-8H2,1-3H3/t16-/m1/s1. The Kier molecular flexibility index (Phi) is 3.82. The highest BCUT2D eigenvalue weighted by Crippen LogP contribution is 2.41. The second-order valence-electron chi connectivity index (χ2n) is 6.22. The van der Waals surface area contributed by atoms with E-state index in [-0.39, 0.29) is 5.60 Å². The summed E-state index contributed by atoms with van der Waals surface area (Å²) in [5, 5.41) is 10.7. The van der Waals surface area contributed by atoms with E-state index in [9.17, 15) is 0 Å². The van der Waals surface area contributed by atoms with Crippen molar-refractivity contribution in [3.8, 4) is 0 Å². The lowest BCUT2D eigenvalue weighted by atomic mass is 9.90. The van der Waals surface area contributed by atoms with Crippen molar-refractivity contribution in [1.82, 2.24) is 19.6 Å². The molecule has 0 saturated heterocycles. The van der Waals surface area contributed by atoms with Crippen LogP contribution in [0.5, 0.6) is 0 Å². The van der Waals surface area contributed by atoms with E-state index in [1.54, 1.807) is 29.4 Å². The first-order chi connectivity index (χ1) is 11.1. The number of hydrogen-bond donors (Lipinski definition) is 0. The van der Waals surface area contributed by atoms with Crippen molar-refractivity contribution < 1.29 is 4.74 Å². The number of fused-ring (bicyclic) bond motifs is 5. The van der Waals surface area contributed by atoms with E-state index in [0.717, 1.165) is 40.6 Å². The molecule has 5 nitrogen and oxygen atoms in total. The smallest absolute Gasteiger partial charge is 0.176 e. The largest absolute Gasteiger partial charge is 0.369 e. The van der Waals surface area contributed by atoms with Crippen molar-refractivity contribution >= 4 is 39.0 Å². The Labute approximate surface area is 143 Å². The molecule has 0 fully saturated rings. The summed E-state index contributed by atoms with van der Waals surface area (Å²) in [6.45, 7) is 7.24. The van der Waals surface area contributed by atoms with Crippen molar-refractivity contribution in [2.75, 3.05) is 5.75 Å². The van der Waals surface area contributed by atoms with Gasteiger partial charge in [0.25, 0.3) is 0 Å². The molecule has 7 heteroatoms. The van der Waals surface area contributed by atoms with Gasteiger partial charge in [0.2, 0.25) is 0 Å². The molecule has 3 aromatic heterocycles. The zero-order valence-electron chi connectivity index (χ0n) is 13.6. The van der Waals surface area contributed by atoms with Crippen LogP contribution in [0.4, 0.5) is 0 Å². The summed E-state index contributed by atoms with van der Waals surface area (Å²) in [4.78, 5) is 7.26. The molecule has 0 amide bonds. The summed E-state index contributed by atoms with van der Waals surface area (Å²) in [5.41, 5.74) is 2.21. The Morgan fingerprint density at radius 1 is 1.43 bits per heavy atom. The van der Waals surface area contributed by atoms with E-state index >= 15 is 0 Å². The fourth-order valence-electron chi connectivity index (χ4n) is 2.98. The van der Waals surface area contributed by atoms with E-state index in [4.69, 9.17) is 9.72 Å².